The summed E-state index contributed by atoms with van der Waals surface area (Å²) < 4.78 is 12.4. The number of rotatable bonds is 8. The number of benzene rings is 3. The fourth-order valence-electron chi connectivity index (χ4n) is 5.69. The van der Waals surface area contributed by atoms with Crippen LogP contribution in [0.4, 0.5) is 4.39 Å². The van der Waals surface area contributed by atoms with Crippen molar-refractivity contribution in [3.8, 4) is 0 Å². The Morgan fingerprint density at radius 1 is 1.00 bits per heavy atom. The van der Waals surface area contributed by atoms with Crippen LogP contribution in [0.2, 0.25) is 0 Å². The van der Waals surface area contributed by atoms with Crippen molar-refractivity contribution in [3.63, 3.8) is 0 Å². The monoisotopic (exact) mass is 495 g/mol. The van der Waals surface area contributed by atoms with Gasteiger partial charge in [-0.3, -0.25) is 9.29 Å². The minimum absolute atomic E-state index is 0.252. The smallest absolute Gasteiger partial charge is 0.335 e. The number of hydrogen-bond acceptors (Lipinski definition) is 2. The summed E-state index contributed by atoms with van der Waals surface area (Å²) in [5.41, 5.74) is 11.5. The summed E-state index contributed by atoms with van der Waals surface area (Å²) in [7, 11) is 0. The summed E-state index contributed by atoms with van der Waals surface area (Å²) in [6.07, 6.45) is 6.61. The summed E-state index contributed by atoms with van der Waals surface area (Å²) in [5.74, 6) is -0.884. The Morgan fingerprint density at radius 3 is 2.51 bits per heavy atom. The summed E-state index contributed by atoms with van der Waals surface area (Å²) in [4.78, 5) is 14.0. The molecule has 1 aliphatic heterocycles. The van der Waals surface area contributed by atoms with E-state index in [1.54, 1.807) is 6.07 Å². The Hall–Kier alpha value is -3.50. The molecule has 1 heterocycles. The molecule has 1 aliphatic carbocycles. The van der Waals surface area contributed by atoms with E-state index >= 15 is 0 Å². The molecule has 5 rings (SSSR count). The van der Waals surface area contributed by atoms with E-state index in [0.717, 1.165) is 62.0 Å². The third-order valence-electron chi connectivity index (χ3n) is 7.55. The van der Waals surface area contributed by atoms with Crippen molar-refractivity contribution in [2.24, 2.45) is 0 Å². The van der Waals surface area contributed by atoms with Crippen LogP contribution < -0.4 is 0 Å². The van der Waals surface area contributed by atoms with Crippen molar-refractivity contribution < 1.29 is 14.3 Å². The van der Waals surface area contributed by atoms with Gasteiger partial charge in [-0.05, 0) is 94.3 Å². The molecule has 3 aromatic rings. The summed E-state index contributed by atoms with van der Waals surface area (Å²) in [6.45, 7) is 4.61. The second-order valence-electron chi connectivity index (χ2n) is 10.1. The van der Waals surface area contributed by atoms with Crippen LogP contribution in [0.1, 0.15) is 69.9 Å². The first-order valence-corrected chi connectivity index (χ1v) is 13.3. The Bertz CT molecular complexity index is 1340. The van der Waals surface area contributed by atoms with Gasteiger partial charge >= 0.3 is 5.97 Å². The van der Waals surface area contributed by atoms with E-state index in [9.17, 15) is 14.3 Å². The van der Waals surface area contributed by atoms with Crippen molar-refractivity contribution in [2.45, 2.75) is 39.0 Å². The highest BCUT2D eigenvalue weighted by atomic mass is 19.1. The Balaban J connectivity index is 1.55. The zero-order valence-electron chi connectivity index (χ0n) is 21.5. The van der Waals surface area contributed by atoms with Gasteiger partial charge in [-0.15, -0.1) is 0 Å². The van der Waals surface area contributed by atoms with Crippen LogP contribution in [0.5, 0.6) is 0 Å². The lowest BCUT2D eigenvalue weighted by Gasteiger charge is -2.33. The first-order valence-electron chi connectivity index (χ1n) is 13.3. The Kier molecular flexibility index (Phi) is 7.66. The zero-order chi connectivity index (χ0) is 25.8. The molecule has 0 bridgehead atoms. The highest BCUT2D eigenvalue weighted by Gasteiger charge is 2.23. The van der Waals surface area contributed by atoms with Gasteiger partial charge in [0.05, 0.1) is 12.2 Å². The molecule has 1 saturated heterocycles. The Labute approximate surface area is 219 Å². The van der Waals surface area contributed by atoms with Gasteiger partial charge in [0.15, 0.2) is 0 Å². The highest BCUT2D eigenvalue weighted by molar-refractivity contribution is 6.01. The maximum Gasteiger partial charge on any atom is 0.335 e. The molecule has 3 aromatic carbocycles. The van der Waals surface area contributed by atoms with E-state index in [2.05, 4.69) is 66.4 Å². The van der Waals surface area contributed by atoms with Crippen molar-refractivity contribution in [3.05, 3.63) is 111 Å². The van der Waals surface area contributed by atoms with E-state index < -0.39 is 5.97 Å². The van der Waals surface area contributed by atoms with Gasteiger partial charge in [-0.25, -0.2) is 4.79 Å². The molecule has 0 saturated carbocycles. The van der Waals surface area contributed by atoms with Crippen molar-refractivity contribution in [2.75, 3.05) is 26.3 Å². The normalized spacial score (nSPS) is 15.7. The summed E-state index contributed by atoms with van der Waals surface area (Å²) >= 11 is 0. The van der Waals surface area contributed by atoms with Gasteiger partial charge in [0.1, 0.15) is 0 Å². The Morgan fingerprint density at radius 2 is 1.78 bits per heavy atom. The number of carboxylic acids is 1. The van der Waals surface area contributed by atoms with Gasteiger partial charge in [-0.1, -0.05) is 67.6 Å². The van der Waals surface area contributed by atoms with Gasteiger partial charge < -0.3 is 5.11 Å². The van der Waals surface area contributed by atoms with Gasteiger partial charge in [-0.2, -0.15) is 0 Å². The fourth-order valence-corrected chi connectivity index (χ4v) is 5.69. The molecule has 0 amide bonds. The highest BCUT2D eigenvalue weighted by Crippen LogP contribution is 2.41. The van der Waals surface area contributed by atoms with E-state index in [-0.39, 0.29) is 6.67 Å². The molecular formula is C33H34FNO2. The molecule has 1 fully saturated rings. The first kappa shape index (κ1) is 25.2. The molecule has 1 N–H and O–H groups in total. The van der Waals surface area contributed by atoms with Crippen LogP contribution >= 0.6 is 0 Å². The molecule has 0 radical (unpaired) electrons. The molecule has 0 atom stereocenters. The van der Waals surface area contributed by atoms with Crippen LogP contribution in [-0.2, 0) is 12.8 Å². The average Bonchev–Trinajstić information content (AvgIpc) is 3.09. The first-order chi connectivity index (χ1) is 18.1. The van der Waals surface area contributed by atoms with E-state index in [1.807, 2.05) is 12.1 Å². The number of halogens is 1. The molecule has 37 heavy (non-hydrogen) atoms. The third kappa shape index (κ3) is 5.45. The number of aryl methyl sites for hydroxylation is 2. The second kappa shape index (κ2) is 11.3. The third-order valence-corrected chi connectivity index (χ3v) is 7.55. The SMILES string of the molecule is CCc1ccccc1C1=C(c2ccc(C=C3CN(CCCF)C3)cc2)c2ccc(C(=O)O)cc2CCC1. The molecule has 2 aliphatic rings. The molecule has 0 unspecified atom stereocenters. The average molecular weight is 496 g/mol. The number of carboxylic acid groups (broad SMARTS) is 1. The quantitative estimate of drug-likeness (QED) is 0.356. The summed E-state index contributed by atoms with van der Waals surface area (Å²) in [6, 6.07) is 23.0. The van der Waals surface area contributed by atoms with Crippen LogP contribution in [0.3, 0.4) is 0 Å². The number of allylic oxidation sites excluding steroid dienone is 1. The minimum Gasteiger partial charge on any atom is -0.478 e. The number of aromatic carboxylic acids is 1. The predicted octanol–water partition coefficient (Wildman–Crippen LogP) is 7.30. The lowest BCUT2D eigenvalue weighted by atomic mass is 9.85. The number of alkyl halides is 1. The topological polar surface area (TPSA) is 40.5 Å². The summed E-state index contributed by atoms with van der Waals surface area (Å²) in [5, 5.41) is 9.59. The number of nitrogens with zero attached hydrogens (tertiary/aromatic N) is 1. The molecule has 4 heteroatoms. The van der Waals surface area contributed by atoms with Crippen molar-refractivity contribution in [1.82, 2.24) is 4.90 Å². The second-order valence-corrected chi connectivity index (χ2v) is 10.1. The fraction of sp³-hybridized carbons (Fsp3) is 0.303. The molecule has 190 valence electrons. The van der Waals surface area contributed by atoms with E-state index in [4.69, 9.17) is 0 Å². The molecule has 3 nitrogen and oxygen atoms in total. The zero-order valence-corrected chi connectivity index (χ0v) is 21.5. The lowest BCUT2D eigenvalue weighted by Crippen LogP contribution is -2.40. The van der Waals surface area contributed by atoms with Crippen LogP contribution in [0.15, 0.2) is 72.3 Å². The lowest BCUT2D eigenvalue weighted by molar-refractivity contribution is 0.0696. The van der Waals surface area contributed by atoms with Crippen molar-refractivity contribution in [1.29, 1.82) is 0 Å². The number of likely N-dealkylation sites (tertiary alicyclic amines) is 1. The van der Waals surface area contributed by atoms with Crippen LogP contribution in [0.25, 0.3) is 17.2 Å². The predicted molar refractivity (Wildman–Crippen MR) is 150 cm³/mol. The number of carbonyl (C=O) groups is 1. The van der Waals surface area contributed by atoms with Crippen LogP contribution in [-0.4, -0.2) is 42.3 Å². The maximum absolute atomic E-state index is 12.4. The van der Waals surface area contributed by atoms with E-state index in [0.29, 0.717) is 12.0 Å². The number of hydrogen-bond donors (Lipinski definition) is 1. The van der Waals surface area contributed by atoms with Crippen LogP contribution in [0, 0.1) is 0 Å². The van der Waals surface area contributed by atoms with Gasteiger partial charge in [0, 0.05) is 19.6 Å². The largest absolute Gasteiger partial charge is 0.478 e. The molecule has 0 spiro atoms. The minimum atomic E-state index is -0.884. The van der Waals surface area contributed by atoms with Crippen molar-refractivity contribution >= 4 is 23.2 Å². The van der Waals surface area contributed by atoms with E-state index in [1.165, 1.54) is 33.4 Å². The molecule has 0 aromatic heterocycles. The maximum atomic E-state index is 12.4. The number of fused-ring (bicyclic) bond motifs is 1. The standard InChI is InChI=1S/C33H34FNO2/c1-2-25-7-3-4-9-29(25)31-10-5-8-27-20-28(33(36)37)15-16-30(27)32(31)26-13-11-23(12-14-26)19-24-21-35(22-24)18-6-17-34/h3-4,7,9,11-16,19-20H,2,5-6,8,10,17-18,21-22H2,1H3,(H,36,37). The van der Waals surface area contributed by atoms with Gasteiger partial charge in [0.2, 0.25) is 0 Å². The molecular weight excluding hydrogens is 461 g/mol. The van der Waals surface area contributed by atoms with Gasteiger partial charge in [0.25, 0.3) is 0 Å².